The summed E-state index contributed by atoms with van der Waals surface area (Å²) >= 11 is 0. The first kappa shape index (κ1) is 18.3. The van der Waals surface area contributed by atoms with E-state index in [0.29, 0.717) is 17.1 Å². The molecular formula is C23H19N5O. The SMILES string of the molecule is Cc1nn(-c2ccccc2)nc1C(=O)Nc1cccc(C=Cc2ccccn2)c1. The molecule has 2 heterocycles. The standard InChI is InChI=1S/C23H19N5O/c1-17-22(27-28(26-17)21-11-3-2-4-12-21)23(29)25-20-10-7-8-18(16-20)13-14-19-9-5-6-15-24-19/h2-16H,1H3,(H,25,29). The lowest BCUT2D eigenvalue weighted by atomic mass is 10.1. The lowest BCUT2D eigenvalue weighted by Gasteiger charge is -2.04. The summed E-state index contributed by atoms with van der Waals surface area (Å²) in [6.07, 6.45) is 5.63. The predicted octanol–water partition coefficient (Wildman–Crippen LogP) is 4.39. The van der Waals surface area contributed by atoms with Crippen molar-refractivity contribution in [1.82, 2.24) is 20.0 Å². The quantitative estimate of drug-likeness (QED) is 0.556. The van der Waals surface area contributed by atoms with E-state index in [1.54, 1.807) is 13.1 Å². The van der Waals surface area contributed by atoms with Crippen LogP contribution in [0.25, 0.3) is 17.8 Å². The summed E-state index contributed by atoms with van der Waals surface area (Å²) in [5, 5.41) is 11.6. The van der Waals surface area contributed by atoms with Crippen molar-refractivity contribution in [3.63, 3.8) is 0 Å². The summed E-state index contributed by atoms with van der Waals surface area (Å²) in [6, 6.07) is 22.8. The smallest absolute Gasteiger partial charge is 0.278 e. The lowest BCUT2D eigenvalue weighted by Crippen LogP contribution is -2.14. The number of anilines is 1. The molecule has 0 aliphatic heterocycles. The van der Waals surface area contributed by atoms with Gasteiger partial charge in [0.05, 0.1) is 17.1 Å². The maximum atomic E-state index is 12.7. The van der Waals surface area contributed by atoms with Gasteiger partial charge in [-0.1, -0.05) is 42.5 Å². The number of nitrogens with one attached hydrogen (secondary N) is 1. The topological polar surface area (TPSA) is 72.7 Å². The molecular weight excluding hydrogens is 362 g/mol. The molecule has 0 fully saturated rings. The fourth-order valence-electron chi connectivity index (χ4n) is 2.83. The van der Waals surface area contributed by atoms with E-state index in [9.17, 15) is 4.79 Å². The van der Waals surface area contributed by atoms with Crippen molar-refractivity contribution in [2.45, 2.75) is 6.92 Å². The van der Waals surface area contributed by atoms with Gasteiger partial charge >= 0.3 is 0 Å². The minimum atomic E-state index is -0.296. The van der Waals surface area contributed by atoms with Gasteiger partial charge in [-0.2, -0.15) is 9.90 Å². The zero-order valence-electron chi connectivity index (χ0n) is 15.9. The van der Waals surface area contributed by atoms with E-state index in [2.05, 4.69) is 20.5 Å². The number of hydrogen-bond acceptors (Lipinski definition) is 4. The Bertz CT molecular complexity index is 1150. The van der Waals surface area contributed by atoms with Crippen LogP contribution in [0.3, 0.4) is 0 Å². The first-order valence-electron chi connectivity index (χ1n) is 9.19. The van der Waals surface area contributed by atoms with Gasteiger partial charge in [0.2, 0.25) is 0 Å². The molecule has 1 amide bonds. The van der Waals surface area contributed by atoms with Crippen LogP contribution in [0.1, 0.15) is 27.4 Å². The van der Waals surface area contributed by atoms with Gasteiger partial charge in [0.15, 0.2) is 5.69 Å². The van der Waals surface area contributed by atoms with Crippen molar-refractivity contribution in [1.29, 1.82) is 0 Å². The summed E-state index contributed by atoms with van der Waals surface area (Å²) in [7, 11) is 0. The van der Waals surface area contributed by atoms with Crippen LogP contribution in [0.15, 0.2) is 79.0 Å². The average molecular weight is 381 g/mol. The maximum absolute atomic E-state index is 12.7. The number of hydrogen-bond donors (Lipinski definition) is 1. The highest BCUT2D eigenvalue weighted by Crippen LogP contribution is 2.15. The number of carbonyl (C=O) groups is 1. The zero-order valence-corrected chi connectivity index (χ0v) is 15.9. The van der Waals surface area contributed by atoms with E-state index in [0.717, 1.165) is 16.9 Å². The molecule has 0 bridgehead atoms. The van der Waals surface area contributed by atoms with Gasteiger partial charge in [0.25, 0.3) is 5.91 Å². The van der Waals surface area contributed by atoms with E-state index >= 15 is 0 Å². The molecule has 0 spiro atoms. The normalized spacial score (nSPS) is 10.9. The van der Waals surface area contributed by atoms with Crippen molar-refractivity contribution in [3.8, 4) is 5.69 Å². The highest BCUT2D eigenvalue weighted by Gasteiger charge is 2.16. The molecule has 2 aromatic heterocycles. The van der Waals surface area contributed by atoms with Crippen LogP contribution in [0, 0.1) is 6.92 Å². The third-order valence-electron chi connectivity index (χ3n) is 4.26. The molecule has 6 nitrogen and oxygen atoms in total. The zero-order chi connectivity index (χ0) is 20.1. The first-order chi connectivity index (χ1) is 14.2. The van der Waals surface area contributed by atoms with Crippen molar-refractivity contribution in [2.75, 3.05) is 5.32 Å². The van der Waals surface area contributed by atoms with Crippen molar-refractivity contribution >= 4 is 23.7 Å². The third kappa shape index (κ3) is 4.44. The summed E-state index contributed by atoms with van der Waals surface area (Å²) in [5.74, 6) is -0.296. The number of aryl methyl sites for hydroxylation is 1. The van der Waals surface area contributed by atoms with Crippen LogP contribution in [0.5, 0.6) is 0 Å². The van der Waals surface area contributed by atoms with E-state index < -0.39 is 0 Å². The molecule has 0 unspecified atom stereocenters. The van der Waals surface area contributed by atoms with Crippen molar-refractivity contribution in [2.24, 2.45) is 0 Å². The molecule has 1 N–H and O–H groups in total. The Labute approximate surface area is 168 Å². The molecule has 0 aliphatic rings. The predicted molar refractivity (Wildman–Crippen MR) is 114 cm³/mol. The molecule has 4 rings (SSSR count). The monoisotopic (exact) mass is 381 g/mol. The van der Waals surface area contributed by atoms with E-state index in [-0.39, 0.29) is 5.91 Å². The van der Waals surface area contributed by atoms with Crippen LogP contribution < -0.4 is 5.32 Å². The molecule has 29 heavy (non-hydrogen) atoms. The Morgan fingerprint density at radius 3 is 2.55 bits per heavy atom. The molecule has 2 aromatic carbocycles. The molecule has 4 aromatic rings. The highest BCUT2D eigenvalue weighted by molar-refractivity contribution is 6.03. The molecule has 0 saturated heterocycles. The van der Waals surface area contributed by atoms with Gasteiger partial charge in [-0.05, 0) is 55.0 Å². The van der Waals surface area contributed by atoms with Gasteiger partial charge in [-0.25, -0.2) is 0 Å². The number of benzene rings is 2. The van der Waals surface area contributed by atoms with Gasteiger partial charge in [0, 0.05) is 11.9 Å². The fraction of sp³-hybridized carbons (Fsp3) is 0.0435. The number of para-hydroxylation sites is 1. The Hall–Kier alpha value is -4.06. The van der Waals surface area contributed by atoms with Gasteiger partial charge in [-0.15, -0.1) is 5.10 Å². The summed E-state index contributed by atoms with van der Waals surface area (Å²) in [4.78, 5) is 18.5. The maximum Gasteiger partial charge on any atom is 0.278 e. The number of carbonyl (C=O) groups excluding carboxylic acids is 1. The van der Waals surface area contributed by atoms with E-state index in [4.69, 9.17) is 0 Å². The fourth-order valence-corrected chi connectivity index (χ4v) is 2.83. The van der Waals surface area contributed by atoms with Crippen LogP contribution in [-0.4, -0.2) is 25.9 Å². The minimum Gasteiger partial charge on any atom is -0.321 e. The number of pyridine rings is 1. The minimum absolute atomic E-state index is 0.295. The second kappa shape index (κ2) is 8.31. The van der Waals surface area contributed by atoms with Crippen molar-refractivity contribution < 1.29 is 4.79 Å². The summed E-state index contributed by atoms with van der Waals surface area (Å²) in [6.45, 7) is 1.77. The van der Waals surface area contributed by atoms with Crippen LogP contribution in [-0.2, 0) is 0 Å². The number of rotatable bonds is 5. The second-order valence-electron chi connectivity index (χ2n) is 6.43. The molecule has 6 heteroatoms. The highest BCUT2D eigenvalue weighted by atomic mass is 16.2. The molecule has 0 radical (unpaired) electrons. The Balaban J connectivity index is 1.50. The largest absolute Gasteiger partial charge is 0.321 e. The van der Waals surface area contributed by atoms with E-state index in [1.807, 2.05) is 84.9 Å². The summed E-state index contributed by atoms with van der Waals surface area (Å²) in [5.41, 5.74) is 4.18. The van der Waals surface area contributed by atoms with Crippen molar-refractivity contribution in [3.05, 3.63) is 102 Å². The lowest BCUT2D eigenvalue weighted by molar-refractivity contribution is 0.102. The number of nitrogens with zero attached hydrogens (tertiary/aromatic N) is 4. The summed E-state index contributed by atoms with van der Waals surface area (Å²) < 4.78 is 0. The molecule has 0 aliphatic carbocycles. The average Bonchev–Trinajstić information content (AvgIpc) is 3.16. The molecule has 0 saturated carbocycles. The van der Waals surface area contributed by atoms with Crippen LogP contribution in [0.4, 0.5) is 5.69 Å². The first-order valence-corrected chi connectivity index (χ1v) is 9.19. The Morgan fingerprint density at radius 1 is 0.931 bits per heavy atom. The van der Waals surface area contributed by atoms with Gasteiger partial charge in [-0.3, -0.25) is 9.78 Å². The van der Waals surface area contributed by atoms with Gasteiger partial charge < -0.3 is 5.32 Å². The van der Waals surface area contributed by atoms with Crippen LogP contribution >= 0.6 is 0 Å². The van der Waals surface area contributed by atoms with E-state index in [1.165, 1.54) is 4.80 Å². The molecule has 0 atom stereocenters. The van der Waals surface area contributed by atoms with Gasteiger partial charge in [0.1, 0.15) is 0 Å². The number of aromatic nitrogens is 4. The van der Waals surface area contributed by atoms with Crippen LogP contribution in [0.2, 0.25) is 0 Å². The molecule has 142 valence electrons. The number of amides is 1. The second-order valence-corrected chi connectivity index (χ2v) is 6.43. The Morgan fingerprint density at radius 2 is 1.76 bits per heavy atom. The Kier molecular flexibility index (Phi) is 5.25. The third-order valence-corrected chi connectivity index (χ3v) is 4.26.